The standard InChI is InChI=1S/C21H23N5O3/c1-22-21(29)18-11-16(20(28)23-9-8-14-12-24-26(2)13-14)10-17(25-18)19(27)15-6-4-3-5-7-15/h3-7,10-13,19,27H,8-9H2,1-2H3,(H,22,29)(H,23,28). The zero-order valence-electron chi connectivity index (χ0n) is 16.3. The molecule has 0 saturated carbocycles. The number of nitrogens with zero attached hydrogens (tertiary/aromatic N) is 3. The summed E-state index contributed by atoms with van der Waals surface area (Å²) in [6.45, 7) is 0.415. The quantitative estimate of drug-likeness (QED) is 0.559. The van der Waals surface area contributed by atoms with Crippen molar-refractivity contribution in [3.8, 4) is 0 Å². The lowest BCUT2D eigenvalue weighted by Crippen LogP contribution is -2.27. The minimum absolute atomic E-state index is 0.0670. The van der Waals surface area contributed by atoms with Crippen LogP contribution < -0.4 is 10.6 Å². The smallest absolute Gasteiger partial charge is 0.269 e. The summed E-state index contributed by atoms with van der Waals surface area (Å²) < 4.78 is 1.70. The fourth-order valence-corrected chi connectivity index (χ4v) is 2.90. The van der Waals surface area contributed by atoms with Crippen molar-refractivity contribution in [2.45, 2.75) is 12.5 Å². The van der Waals surface area contributed by atoms with Gasteiger partial charge in [-0.3, -0.25) is 14.3 Å². The van der Waals surface area contributed by atoms with Gasteiger partial charge in [0.05, 0.1) is 11.9 Å². The number of benzene rings is 1. The first-order chi connectivity index (χ1) is 14.0. The lowest BCUT2D eigenvalue weighted by Gasteiger charge is -2.14. The molecule has 0 bridgehead atoms. The molecule has 3 N–H and O–H groups in total. The summed E-state index contributed by atoms with van der Waals surface area (Å²) in [5.41, 5.74) is 2.19. The average molecular weight is 393 g/mol. The van der Waals surface area contributed by atoms with E-state index < -0.39 is 12.0 Å². The van der Waals surface area contributed by atoms with Gasteiger partial charge in [-0.05, 0) is 29.7 Å². The lowest BCUT2D eigenvalue weighted by molar-refractivity contribution is 0.0953. The van der Waals surface area contributed by atoms with Crippen LogP contribution in [0, 0.1) is 0 Å². The van der Waals surface area contributed by atoms with Crippen molar-refractivity contribution in [3.63, 3.8) is 0 Å². The van der Waals surface area contributed by atoms with Crippen LogP contribution in [0.1, 0.15) is 43.8 Å². The van der Waals surface area contributed by atoms with E-state index in [2.05, 4.69) is 20.7 Å². The number of rotatable bonds is 7. The van der Waals surface area contributed by atoms with Gasteiger partial charge in [-0.1, -0.05) is 30.3 Å². The highest BCUT2D eigenvalue weighted by molar-refractivity contribution is 5.98. The highest BCUT2D eigenvalue weighted by atomic mass is 16.3. The Morgan fingerprint density at radius 2 is 1.93 bits per heavy atom. The number of carbonyl (C=O) groups excluding carboxylic acids is 2. The van der Waals surface area contributed by atoms with E-state index >= 15 is 0 Å². The summed E-state index contributed by atoms with van der Waals surface area (Å²) in [4.78, 5) is 29.0. The summed E-state index contributed by atoms with van der Waals surface area (Å²) in [5, 5.41) is 20.1. The van der Waals surface area contributed by atoms with Crippen molar-refractivity contribution >= 4 is 11.8 Å². The summed E-state index contributed by atoms with van der Waals surface area (Å²) in [6, 6.07) is 11.9. The number of hydrogen-bond donors (Lipinski definition) is 3. The van der Waals surface area contributed by atoms with Crippen molar-refractivity contribution in [2.24, 2.45) is 7.05 Å². The predicted octanol–water partition coefficient (Wildman–Crippen LogP) is 1.23. The van der Waals surface area contributed by atoms with Crippen LogP contribution in [0.5, 0.6) is 0 Å². The third-order valence-electron chi connectivity index (χ3n) is 4.42. The monoisotopic (exact) mass is 393 g/mol. The normalized spacial score (nSPS) is 11.7. The van der Waals surface area contributed by atoms with E-state index in [0.29, 0.717) is 18.5 Å². The Hall–Kier alpha value is -3.52. The molecule has 3 rings (SSSR count). The van der Waals surface area contributed by atoms with Crippen LogP contribution in [-0.4, -0.2) is 45.3 Å². The summed E-state index contributed by atoms with van der Waals surface area (Å²) >= 11 is 0. The molecule has 0 aliphatic rings. The molecule has 1 atom stereocenters. The molecule has 150 valence electrons. The third-order valence-corrected chi connectivity index (χ3v) is 4.42. The molecule has 29 heavy (non-hydrogen) atoms. The van der Waals surface area contributed by atoms with Gasteiger partial charge < -0.3 is 15.7 Å². The molecule has 0 aliphatic heterocycles. The predicted molar refractivity (Wildman–Crippen MR) is 107 cm³/mol. The number of aryl methyl sites for hydroxylation is 1. The zero-order valence-corrected chi connectivity index (χ0v) is 16.3. The molecular formula is C21H23N5O3. The number of aliphatic hydroxyl groups is 1. The van der Waals surface area contributed by atoms with Crippen LogP contribution in [0.25, 0.3) is 0 Å². The van der Waals surface area contributed by atoms with Crippen LogP contribution in [0.15, 0.2) is 54.9 Å². The van der Waals surface area contributed by atoms with Crippen molar-refractivity contribution in [2.75, 3.05) is 13.6 Å². The summed E-state index contributed by atoms with van der Waals surface area (Å²) in [6.07, 6.45) is 3.21. The van der Waals surface area contributed by atoms with Gasteiger partial charge in [0.25, 0.3) is 11.8 Å². The number of aromatic nitrogens is 3. The van der Waals surface area contributed by atoms with Gasteiger partial charge in [-0.15, -0.1) is 0 Å². The third kappa shape index (κ3) is 5.05. The SMILES string of the molecule is CNC(=O)c1cc(C(=O)NCCc2cnn(C)c2)cc(C(O)c2ccccc2)n1. The second-order valence-corrected chi connectivity index (χ2v) is 6.59. The topological polar surface area (TPSA) is 109 Å². The molecular weight excluding hydrogens is 370 g/mol. The lowest BCUT2D eigenvalue weighted by atomic mass is 10.0. The number of nitrogens with one attached hydrogen (secondary N) is 2. The van der Waals surface area contributed by atoms with Crippen LogP contribution >= 0.6 is 0 Å². The fourth-order valence-electron chi connectivity index (χ4n) is 2.90. The molecule has 8 nitrogen and oxygen atoms in total. The fraction of sp³-hybridized carbons (Fsp3) is 0.238. The molecule has 3 aromatic rings. The molecule has 2 aromatic heterocycles. The minimum atomic E-state index is -1.05. The number of hydrogen-bond acceptors (Lipinski definition) is 5. The molecule has 2 heterocycles. The van der Waals surface area contributed by atoms with Gasteiger partial charge in [0.1, 0.15) is 11.8 Å². The summed E-state index contributed by atoms with van der Waals surface area (Å²) in [5.74, 6) is -0.778. The van der Waals surface area contributed by atoms with Gasteiger partial charge >= 0.3 is 0 Å². The Labute approximate surface area is 168 Å². The van der Waals surface area contributed by atoms with Crippen LogP contribution in [0.2, 0.25) is 0 Å². The minimum Gasteiger partial charge on any atom is -0.382 e. The highest BCUT2D eigenvalue weighted by Gasteiger charge is 2.19. The summed E-state index contributed by atoms with van der Waals surface area (Å²) in [7, 11) is 3.32. The molecule has 0 aliphatic carbocycles. The maximum Gasteiger partial charge on any atom is 0.269 e. The first kappa shape index (κ1) is 20.2. The van der Waals surface area contributed by atoms with Crippen LogP contribution in [0.4, 0.5) is 0 Å². The highest BCUT2D eigenvalue weighted by Crippen LogP contribution is 2.21. The maximum atomic E-state index is 12.6. The van der Waals surface area contributed by atoms with E-state index in [0.717, 1.165) is 5.56 Å². The Morgan fingerprint density at radius 3 is 2.59 bits per heavy atom. The van der Waals surface area contributed by atoms with Crippen molar-refractivity contribution < 1.29 is 14.7 Å². The molecule has 0 fully saturated rings. The van der Waals surface area contributed by atoms with E-state index in [1.54, 1.807) is 35.1 Å². The average Bonchev–Trinajstić information content (AvgIpc) is 3.17. The molecule has 0 spiro atoms. The molecule has 1 aromatic carbocycles. The number of carbonyl (C=O) groups is 2. The van der Waals surface area contributed by atoms with E-state index in [-0.39, 0.29) is 22.9 Å². The van der Waals surface area contributed by atoms with Gasteiger partial charge in [0, 0.05) is 32.4 Å². The first-order valence-electron chi connectivity index (χ1n) is 9.20. The van der Waals surface area contributed by atoms with Crippen molar-refractivity contribution in [1.29, 1.82) is 0 Å². The molecule has 8 heteroatoms. The Balaban J connectivity index is 1.80. The first-order valence-corrected chi connectivity index (χ1v) is 9.20. The van der Waals surface area contributed by atoms with Gasteiger partial charge in [-0.25, -0.2) is 4.98 Å². The zero-order chi connectivity index (χ0) is 20.8. The number of amides is 2. The van der Waals surface area contributed by atoms with Crippen LogP contribution in [-0.2, 0) is 13.5 Å². The maximum absolute atomic E-state index is 12.6. The Morgan fingerprint density at radius 1 is 1.17 bits per heavy atom. The Bertz CT molecular complexity index is 1000. The van der Waals surface area contributed by atoms with Crippen molar-refractivity contribution in [1.82, 2.24) is 25.4 Å². The van der Waals surface area contributed by atoms with Gasteiger partial charge in [0.2, 0.25) is 0 Å². The van der Waals surface area contributed by atoms with E-state index in [4.69, 9.17) is 0 Å². The number of pyridine rings is 1. The van der Waals surface area contributed by atoms with Crippen LogP contribution in [0.3, 0.4) is 0 Å². The van der Waals surface area contributed by atoms with E-state index in [1.807, 2.05) is 19.3 Å². The molecule has 0 radical (unpaired) electrons. The van der Waals surface area contributed by atoms with Gasteiger partial charge in [-0.2, -0.15) is 5.10 Å². The molecule has 0 saturated heterocycles. The van der Waals surface area contributed by atoms with Crippen molar-refractivity contribution in [3.05, 3.63) is 82.9 Å². The van der Waals surface area contributed by atoms with Gasteiger partial charge in [0.15, 0.2) is 0 Å². The second-order valence-electron chi connectivity index (χ2n) is 6.59. The second kappa shape index (κ2) is 9.11. The van der Waals surface area contributed by atoms with E-state index in [9.17, 15) is 14.7 Å². The largest absolute Gasteiger partial charge is 0.382 e. The number of aliphatic hydroxyl groups excluding tert-OH is 1. The van der Waals surface area contributed by atoms with E-state index in [1.165, 1.54) is 19.2 Å². The molecule has 1 unspecified atom stereocenters. The molecule has 2 amide bonds. The Kier molecular flexibility index (Phi) is 6.36.